The van der Waals surface area contributed by atoms with E-state index in [9.17, 15) is 8.42 Å². The van der Waals surface area contributed by atoms with Crippen molar-refractivity contribution in [3.8, 4) is 21.6 Å². The molecule has 0 unspecified atom stereocenters. The Morgan fingerprint density at radius 1 is 0.966 bits per heavy atom. The number of hydrogen-bond acceptors (Lipinski definition) is 4. The first-order valence-electron chi connectivity index (χ1n) is 9.12. The summed E-state index contributed by atoms with van der Waals surface area (Å²) >= 11 is 7.64. The molecule has 0 amide bonds. The first-order valence-corrected chi connectivity index (χ1v) is 12.2. The van der Waals surface area contributed by atoms with E-state index < -0.39 is 14.6 Å². The van der Waals surface area contributed by atoms with Crippen LogP contribution in [-0.2, 0) is 14.6 Å². The van der Waals surface area contributed by atoms with Crippen molar-refractivity contribution in [2.75, 3.05) is 6.26 Å². The van der Waals surface area contributed by atoms with Crippen molar-refractivity contribution in [2.24, 2.45) is 0 Å². The molecular formula is C23H20ClNO2S2. The van der Waals surface area contributed by atoms with Crippen molar-refractivity contribution in [1.82, 2.24) is 4.98 Å². The van der Waals surface area contributed by atoms with Gasteiger partial charge >= 0.3 is 0 Å². The van der Waals surface area contributed by atoms with E-state index in [1.54, 1.807) is 20.0 Å². The molecule has 0 aliphatic carbocycles. The fourth-order valence-corrected chi connectivity index (χ4v) is 4.87. The maximum atomic E-state index is 12.5. The highest BCUT2D eigenvalue weighted by molar-refractivity contribution is 7.91. The van der Waals surface area contributed by atoms with Gasteiger partial charge in [0.2, 0.25) is 0 Å². The zero-order chi connectivity index (χ0) is 20.8. The second-order valence-corrected chi connectivity index (χ2v) is 11.8. The third-order valence-electron chi connectivity index (χ3n) is 5.36. The number of hydrogen-bond donors (Lipinski definition) is 0. The Kier molecular flexibility index (Phi) is 5.01. The highest BCUT2D eigenvalue weighted by Crippen LogP contribution is 2.38. The normalized spacial score (nSPS) is 12.4. The Bertz CT molecular complexity index is 1320. The van der Waals surface area contributed by atoms with Crippen LogP contribution in [0.1, 0.15) is 19.4 Å². The highest BCUT2D eigenvalue weighted by Gasteiger charge is 2.33. The smallest absolute Gasteiger partial charge is 0.156 e. The van der Waals surface area contributed by atoms with Crippen LogP contribution in [0.5, 0.6) is 0 Å². The van der Waals surface area contributed by atoms with E-state index in [4.69, 9.17) is 11.6 Å². The summed E-state index contributed by atoms with van der Waals surface area (Å²) in [6.45, 7) is 3.49. The van der Waals surface area contributed by atoms with Crippen LogP contribution in [0.3, 0.4) is 0 Å². The third-order valence-corrected chi connectivity index (χ3v) is 8.73. The number of thiophene rings is 1. The number of nitrogens with zero attached hydrogens (tertiary/aromatic N) is 1. The van der Waals surface area contributed by atoms with Gasteiger partial charge in [-0.3, -0.25) is 4.98 Å². The van der Waals surface area contributed by atoms with E-state index in [2.05, 4.69) is 11.1 Å². The fourth-order valence-electron chi connectivity index (χ4n) is 3.28. The molecule has 0 saturated carbocycles. The van der Waals surface area contributed by atoms with Crippen LogP contribution in [0, 0.1) is 0 Å². The minimum Gasteiger partial charge on any atom is -0.256 e. The van der Waals surface area contributed by atoms with E-state index in [1.807, 2.05) is 54.6 Å². The summed E-state index contributed by atoms with van der Waals surface area (Å²) < 4.78 is 24.6. The fraction of sp³-hybridized carbons (Fsp3) is 0.174. The minimum atomic E-state index is -3.30. The monoisotopic (exact) mass is 441 g/mol. The van der Waals surface area contributed by atoms with Gasteiger partial charge in [-0.1, -0.05) is 35.9 Å². The van der Waals surface area contributed by atoms with Crippen molar-refractivity contribution in [2.45, 2.75) is 18.6 Å². The SMILES string of the molecule is CC(C)(c1cc(-c2cccc(-c3ccc(Cl)s3)c2)c2ncccc2c1)S(C)(=O)=O. The van der Waals surface area contributed by atoms with Crippen molar-refractivity contribution in [3.05, 3.63) is 76.8 Å². The predicted molar refractivity (Wildman–Crippen MR) is 123 cm³/mol. The average Bonchev–Trinajstić information content (AvgIpc) is 3.13. The topological polar surface area (TPSA) is 47.0 Å². The standard InChI is InChI=1S/C23H20ClNO2S2/c1-23(2,29(3,26)27)18-13-17-8-5-11-25-22(17)19(14-18)15-6-4-7-16(12-15)20-9-10-21(24)28-20/h4-14H,1-3H3. The molecule has 0 N–H and O–H groups in total. The van der Waals surface area contributed by atoms with Crippen LogP contribution in [-0.4, -0.2) is 19.7 Å². The first-order chi connectivity index (χ1) is 13.7. The van der Waals surface area contributed by atoms with Gasteiger partial charge in [-0.05, 0) is 66.9 Å². The quantitative estimate of drug-likeness (QED) is 0.360. The summed E-state index contributed by atoms with van der Waals surface area (Å²) in [6.07, 6.45) is 3.04. The molecule has 2 aromatic heterocycles. The van der Waals surface area contributed by atoms with Crippen LogP contribution in [0.25, 0.3) is 32.5 Å². The van der Waals surface area contributed by atoms with E-state index in [1.165, 1.54) is 17.6 Å². The maximum absolute atomic E-state index is 12.5. The first kappa shape index (κ1) is 20.1. The van der Waals surface area contributed by atoms with Crippen LogP contribution >= 0.6 is 22.9 Å². The summed E-state index contributed by atoms with van der Waals surface area (Å²) in [4.78, 5) is 5.67. The van der Waals surface area contributed by atoms with Crippen LogP contribution in [0.15, 0.2) is 66.9 Å². The van der Waals surface area contributed by atoms with Gasteiger partial charge in [0.15, 0.2) is 9.84 Å². The lowest BCUT2D eigenvalue weighted by Crippen LogP contribution is -2.28. The van der Waals surface area contributed by atoms with Crippen molar-refractivity contribution < 1.29 is 8.42 Å². The van der Waals surface area contributed by atoms with Crippen LogP contribution in [0.4, 0.5) is 0 Å². The van der Waals surface area contributed by atoms with Gasteiger partial charge in [0.1, 0.15) is 0 Å². The van der Waals surface area contributed by atoms with E-state index in [0.717, 1.165) is 42.4 Å². The number of pyridine rings is 1. The van der Waals surface area contributed by atoms with Gasteiger partial charge in [-0.2, -0.15) is 0 Å². The summed E-state index contributed by atoms with van der Waals surface area (Å²) in [5.74, 6) is 0. The molecule has 0 radical (unpaired) electrons. The van der Waals surface area contributed by atoms with Gasteiger partial charge in [-0.25, -0.2) is 8.42 Å². The highest BCUT2D eigenvalue weighted by atomic mass is 35.5. The maximum Gasteiger partial charge on any atom is 0.156 e. The van der Waals surface area contributed by atoms with Crippen molar-refractivity contribution >= 4 is 43.7 Å². The van der Waals surface area contributed by atoms with Crippen molar-refractivity contribution in [3.63, 3.8) is 0 Å². The van der Waals surface area contributed by atoms with Gasteiger partial charge in [0.25, 0.3) is 0 Å². The molecule has 29 heavy (non-hydrogen) atoms. The molecule has 0 aliphatic heterocycles. The van der Waals surface area contributed by atoms with E-state index in [-0.39, 0.29) is 0 Å². The summed E-state index contributed by atoms with van der Waals surface area (Å²) in [6, 6.07) is 19.8. The summed E-state index contributed by atoms with van der Waals surface area (Å²) in [5, 5.41) is 0.918. The largest absolute Gasteiger partial charge is 0.256 e. The Balaban J connectivity index is 1.96. The second-order valence-electron chi connectivity index (χ2n) is 7.57. The predicted octanol–water partition coefficient (Wildman–Crippen LogP) is 6.56. The van der Waals surface area contributed by atoms with Gasteiger partial charge in [-0.15, -0.1) is 11.3 Å². The molecule has 3 nitrogen and oxygen atoms in total. The zero-order valence-electron chi connectivity index (χ0n) is 16.3. The molecule has 0 spiro atoms. The molecule has 0 aliphatic rings. The molecule has 4 aromatic rings. The lowest BCUT2D eigenvalue weighted by Gasteiger charge is -2.24. The molecule has 0 atom stereocenters. The third kappa shape index (κ3) is 3.70. The molecule has 0 fully saturated rings. The molecule has 0 saturated heterocycles. The molecule has 2 heterocycles. The summed E-state index contributed by atoms with van der Waals surface area (Å²) in [7, 11) is -3.30. The number of halogens is 1. The molecule has 4 rings (SSSR count). The van der Waals surface area contributed by atoms with Gasteiger partial charge in [0.05, 0.1) is 14.6 Å². The number of benzene rings is 2. The molecule has 148 valence electrons. The lowest BCUT2D eigenvalue weighted by molar-refractivity contribution is 0.561. The van der Waals surface area contributed by atoms with E-state index in [0.29, 0.717) is 0 Å². The van der Waals surface area contributed by atoms with Crippen LogP contribution in [0.2, 0.25) is 4.34 Å². The lowest BCUT2D eigenvalue weighted by atomic mass is 9.93. The number of rotatable bonds is 4. The summed E-state index contributed by atoms with van der Waals surface area (Å²) in [5.41, 5.74) is 4.57. The Morgan fingerprint density at radius 3 is 2.41 bits per heavy atom. The van der Waals surface area contributed by atoms with E-state index >= 15 is 0 Å². The second kappa shape index (κ2) is 7.24. The molecule has 6 heteroatoms. The Hall–Kier alpha value is -2.21. The number of aromatic nitrogens is 1. The Labute approximate surface area is 179 Å². The Morgan fingerprint density at radius 2 is 1.72 bits per heavy atom. The molecule has 2 aromatic carbocycles. The number of fused-ring (bicyclic) bond motifs is 1. The molecular weight excluding hydrogens is 422 g/mol. The molecule has 0 bridgehead atoms. The van der Waals surface area contributed by atoms with Crippen LogP contribution < -0.4 is 0 Å². The van der Waals surface area contributed by atoms with Crippen molar-refractivity contribution in [1.29, 1.82) is 0 Å². The zero-order valence-corrected chi connectivity index (χ0v) is 18.7. The van der Waals surface area contributed by atoms with Gasteiger partial charge < -0.3 is 0 Å². The average molecular weight is 442 g/mol. The minimum absolute atomic E-state index is 0.745. The van der Waals surface area contributed by atoms with Gasteiger partial charge in [0, 0.05) is 28.3 Å². The number of sulfone groups is 1.